The quantitative estimate of drug-likeness (QED) is 0.262. The van der Waals surface area contributed by atoms with Crippen LogP contribution in [0.15, 0.2) is 57.8 Å². The molecule has 1 saturated carbocycles. The van der Waals surface area contributed by atoms with E-state index < -0.39 is 33.2 Å². The maximum Gasteiger partial charge on any atom is 0.300 e. The molecule has 2 atom stereocenters. The first-order valence-electron chi connectivity index (χ1n) is 12.9. The van der Waals surface area contributed by atoms with Crippen LogP contribution < -0.4 is 4.90 Å². The summed E-state index contributed by atoms with van der Waals surface area (Å²) in [6, 6.07) is 9.79. The van der Waals surface area contributed by atoms with E-state index in [-0.39, 0.29) is 30.3 Å². The lowest BCUT2D eigenvalue weighted by atomic mass is 9.79. The molecule has 1 aromatic carbocycles. The minimum absolute atomic E-state index is 0.0415. The molecule has 0 radical (unpaired) electrons. The second kappa shape index (κ2) is 10.9. The number of carbonyl (C=O) groups excluding carboxylic acids is 1. The van der Waals surface area contributed by atoms with Gasteiger partial charge >= 0.3 is 0 Å². The van der Waals surface area contributed by atoms with Crippen molar-refractivity contribution >= 4 is 57.4 Å². The van der Waals surface area contributed by atoms with Crippen LogP contribution in [0.3, 0.4) is 0 Å². The van der Waals surface area contributed by atoms with Crippen LogP contribution >= 0.6 is 22.7 Å². The standard InChI is InChI=1S/C27H25N5O6S2/c33-27(18-15-21(31(34)35)26(22(16-18)32(36)37)29-8-10-38-11-9-29)30-25(23-7-3-13-40-23)20-6-1-4-17(24(20)28-30)14-19-5-2-12-39-19/h2-3,5,7,12-16,20,25H,1,4,6,8-11H2/b17-14+/t20-,25+/m1/s1. The third-order valence-corrected chi connectivity index (χ3v) is 9.20. The Hall–Kier alpha value is -3.94. The molecule has 40 heavy (non-hydrogen) atoms. The van der Waals surface area contributed by atoms with Crippen LogP contribution in [-0.2, 0) is 4.74 Å². The van der Waals surface area contributed by atoms with Gasteiger partial charge in [0.15, 0.2) is 5.69 Å². The van der Waals surface area contributed by atoms with Crippen molar-refractivity contribution in [1.29, 1.82) is 0 Å². The van der Waals surface area contributed by atoms with E-state index in [2.05, 4.69) is 6.08 Å². The number of ether oxygens (including phenoxy) is 1. The van der Waals surface area contributed by atoms with E-state index in [4.69, 9.17) is 9.84 Å². The van der Waals surface area contributed by atoms with Crippen molar-refractivity contribution in [2.24, 2.45) is 11.0 Å². The van der Waals surface area contributed by atoms with Crippen LogP contribution in [-0.4, -0.2) is 52.8 Å². The Morgan fingerprint density at radius 1 is 1.05 bits per heavy atom. The summed E-state index contributed by atoms with van der Waals surface area (Å²) in [6.45, 7) is 1.14. The van der Waals surface area contributed by atoms with Crippen LogP contribution in [0.25, 0.3) is 6.08 Å². The molecule has 1 aliphatic carbocycles. The zero-order valence-electron chi connectivity index (χ0n) is 21.3. The highest BCUT2D eigenvalue weighted by Gasteiger charge is 2.45. The lowest BCUT2D eigenvalue weighted by Gasteiger charge is -2.29. The Balaban J connectivity index is 1.45. The Bertz CT molecular complexity index is 1480. The summed E-state index contributed by atoms with van der Waals surface area (Å²) in [7, 11) is 0. The van der Waals surface area contributed by atoms with Gasteiger partial charge in [-0.25, -0.2) is 5.01 Å². The van der Waals surface area contributed by atoms with Gasteiger partial charge in [-0.3, -0.25) is 25.0 Å². The summed E-state index contributed by atoms with van der Waals surface area (Å²) >= 11 is 3.14. The van der Waals surface area contributed by atoms with Gasteiger partial charge in [-0.1, -0.05) is 12.1 Å². The minimum Gasteiger partial charge on any atom is -0.378 e. The number of nitro benzene ring substituents is 2. The molecule has 0 bridgehead atoms. The molecule has 2 fully saturated rings. The van der Waals surface area contributed by atoms with Gasteiger partial charge in [0.2, 0.25) is 0 Å². The topological polar surface area (TPSA) is 131 Å². The first-order chi connectivity index (χ1) is 19.4. The van der Waals surface area contributed by atoms with E-state index >= 15 is 0 Å². The van der Waals surface area contributed by atoms with E-state index in [1.54, 1.807) is 16.2 Å². The van der Waals surface area contributed by atoms with Gasteiger partial charge in [0, 0.05) is 40.9 Å². The van der Waals surface area contributed by atoms with Crippen LogP contribution in [0.5, 0.6) is 0 Å². The van der Waals surface area contributed by atoms with Gasteiger partial charge in [0.1, 0.15) is 0 Å². The average Bonchev–Trinajstić information content (AvgIpc) is 3.74. The Labute approximate surface area is 237 Å². The molecule has 0 N–H and O–H groups in total. The van der Waals surface area contributed by atoms with Gasteiger partial charge < -0.3 is 9.64 Å². The summed E-state index contributed by atoms with van der Waals surface area (Å²) < 4.78 is 5.33. The third-order valence-electron chi connectivity index (χ3n) is 7.44. The minimum atomic E-state index is -0.664. The number of carbonyl (C=O) groups is 1. The summed E-state index contributed by atoms with van der Waals surface area (Å²) in [5, 5.41) is 34.5. The number of nitrogens with zero attached hydrogens (tertiary/aromatic N) is 5. The van der Waals surface area contributed by atoms with Crippen LogP contribution in [0.4, 0.5) is 17.1 Å². The summed E-state index contributed by atoms with van der Waals surface area (Å²) in [5.41, 5.74) is 0.704. The predicted molar refractivity (Wildman–Crippen MR) is 153 cm³/mol. The maximum absolute atomic E-state index is 14.1. The molecular formula is C27H25N5O6S2. The number of hydrogen-bond acceptors (Lipinski definition) is 10. The normalized spacial score (nSPS) is 21.8. The van der Waals surface area contributed by atoms with Crippen molar-refractivity contribution in [2.45, 2.75) is 25.3 Å². The van der Waals surface area contributed by atoms with E-state index in [0.29, 0.717) is 13.2 Å². The van der Waals surface area contributed by atoms with Gasteiger partial charge in [-0.05, 0) is 53.8 Å². The monoisotopic (exact) mass is 579 g/mol. The molecule has 11 nitrogen and oxygen atoms in total. The van der Waals surface area contributed by atoms with Crippen LogP contribution in [0, 0.1) is 26.1 Å². The number of amides is 1. The number of hydrogen-bond donors (Lipinski definition) is 0. The molecular weight excluding hydrogens is 554 g/mol. The van der Waals surface area contributed by atoms with Crippen molar-refractivity contribution in [3.8, 4) is 0 Å². The molecule has 13 heteroatoms. The van der Waals surface area contributed by atoms with E-state index in [1.165, 1.54) is 16.3 Å². The molecule has 3 aliphatic rings. The van der Waals surface area contributed by atoms with E-state index in [0.717, 1.165) is 52.4 Å². The van der Waals surface area contributed by atoms with Gasteiger partial charge in [-0.15, -0.1) is 22.7 Å². The van der Waals surface area contributed by atoms with Gasteiger partial charge in [0.25, 0.3) is 17.3 Å². The van der Waals surface area contributed by atoms with Gasteiger partial charge in [-0.2, -0.15) is 5.10 Å². The van der Waals surface area contributed by atoms with Crippen LogP contribution in [0.2, 0.25) is 0 Å². The second-order valence-corrected chi connectivity index (χ2v) is 11.7. The van der Waals surface area contributed by atoms with Crippen molar-refractivity contribution in [3.05, 3.63) is 88.3 Å². The first-order valence-corrected chi connectivity index (χ1v) is 14.7. The number of rotatable bonds is 6. The number of nitro groups is 2. The molecule has 1 saturated heterocycles. The highest BCUT2D eigenvalue weighted by Crippen LogP contribution is 2.47. The number of morpholine rings is 1. The van der Waals surface area contributed by atoms with Crippen LogP contribution in [0.1, 0.15) is 45.4 Å². The highest BCUT2D eigenvalue weighted by atomic mass is 32.1. The SMILES string of the molecule is O=C(c1cc([N+](=O)[O-])c(N2CCOCC2)c([N+](=O)[O-])c1)N1N=C2/C(=C/c3cccs3)CCC[C@H]2[C@H]1c1cccs1. The summed E-state index contributed by atoms with van der Waals surface area (Å²) in [4.78, 5) is 40.7. The van der Waals surface area contributed by atoms with Crippen molar-refractivity contribution in [1.82, 2.24) is 5.01 Å². The number of fused-ring (bicyclic) bond motifs is 1. The average molecular weight is 580 g/mol. The summed E-state index contributed by atoms with van der Waals surface area (Å²) in [6.07, 6.45) is 4.72. The molecule has 4 heterocycles. The van der Waals surface area contributed by atoms with Crippen molar-refractivity contribution in [2.75, 3.05) is 31.2 Å². The number of allylic oxidation sites excluding steroid dienone is 1. The molecule has 3 aromatic rings. The Morgan fingerprint density at radius 3 is 2.38 bits per heavy atom. The number of anilines is 1. The van der Waals surface area contributed by atoms with E-state index in [9.17, 15) is 25.0 Å². The molecule has 206 valence electrons. The fourth-order valence-corrected chi connectivity index (χ4v) is 7.26. The molecule has 1 amide bonds. The largest absolute Gasteiger partial charge is 0.378 e. The smallest absolute Gasteiger partial charge is 0.300 e. The van der Waals surface area contributed by atoms with Crippen molar-refractivity contribution < 1.29 is 19.4 Å². The molecule has 6 rings (SSSR count). The van der Waals surface area contributed by atoms with Gasteiger partial charge in [0.05, 0.1) is 40.4 Å². The lowest BCUT2D eigenvalue weighted by molar-refractivity contribution is -0.392. The highest BCUT2D eigenvalue weighted by molar-refractivity contribution is 7.11. The maximum atomic E-state index is 14.1. The lowest BCUT2D eigenvalue weighted by Crippen LogP contribution is -2.37. The number of benzene rings is 1. The number of thiophene rings is 2. The number of hydrazone groups is 1. The van der Waals surface area contributed by atoms with E-state index in [1.807, 2.05) is 35.0 Å². The fourth-order valence-electron chi connectivity index (χ4n) is 5.70. The second-order valence-electron chi connectivity index (χ2n) is 9.76. The predicted octanol–water partition coefficient (Wildman–Crippen LogP) is 5.90. The van der Waals surface area contributed by atoms with Crippen molar-refractivity contribution in [3.63, 3.8) is 0 Å². The third kappa shape index (κ3) is 4.80. The first kappa shape index (κ1) is 26.3. The zero-order chi connectivity index (χ0) is 27.8. The fraction of sp³-hybridized carbons (Fsp3) is 0.333. The molecule has 0 unspecified atom stereocenters. The Kier molecular flexibility index (Phi) is 7.17. The summed E-state index contributed by atoms with van der Waals surface area (Å²) in [5.74, 6) is -0.643. The zero-order valence-corrected chi connectivity index (χ0v) is 22.9. The molecule has 2 aromatic heterocycles. The molecule has 0 spiro atoms. The molecule has 2 aliphatic heterocycles. The Morgan fingerprint density at radius 2 is 1.75 bits per heavy atom.